The van der Waals surface area contributed by atoms with E-state index in [4.69, 9.17) is 0 Å². The molecule has 0 heterocycles. The van der Waals surface area contributed by atoms with Crippen molar-refractivity contribution in [1.29, 1.82) is 0 Å². The van der Waals surface area contributed by atoms with E-state index in [1.54, 1.807) is 0 Å². The lowest BCUT2D eigenvalue weighted by Gasteiger charge is -2.25. The van der Waals surface area contributed by atoms with Crippen LogP contribution in [0, 0.1) is 5.41 Å². The van der Waals surface area contributed by atoms with E-state index in [1.807, 2.05) is 37.3 Å². The summed E-state index contributed by atoms with van der Waals surface area (Å²) in [4.78, 5) is 23.7. The summed E-state index contributed by atoms with van der Waals surface area (Å²) < 4.78 is 0. The third kappa shape index (κ3) is 4.06. The summed E-state index contributed by atoms with van der Waals surface area (Å²) in [6.07, 6.45) is 4.86. The second kappa shape index (κ2) is 6.74. The number of carboxylic acids is 1. The second-order valence-corrected chi connectivity index (χ2v) is 6.16. The van der Waals surface area contributed by atoms with Crippen molar-refractivity contribution in [3.8, 4) is 0 Å². The van der Waals surface area contributed by atoms with Crippen LogP contribution in [0.5, 0.6) is 0 Å². The average Bonchev–Trinajstić information content (AvgIpc) is 2.92. The van der Waals surface area contributed by atoms with Gasteiger partial charge in [-0.1, -0.05) is 50.1 Å². The zero-order valence-electron chi connectivity index (χ0n) is 12.5. The molecular formula is C17H23NO3. The van der Waals surface area contributed by atoms with E-state index in [0.29, 0.717) is 12.8 Å². The van der Waals surface area contributed by atoms with Gasteiger partial charge in [-0.25, -0.2) is 4.79 Å². The SMILES string of the molecule is CC1(C(=O)N[C@@H](CCc2ccccc2)C(=O)O)CCCC1. The number of benzene rings is 1. The lowest BCUT2D eigenvalue weighted by molar-refractivity contribution is -0.143. The van der Waals surface area contributed by atoms with Crippen molar-refractivity contribution >= 4 is 11.9 Å². The normalized spacial score (nSPS) is 18.1. The number of hydrogen-bond acceptors (Lipinski definition) is 2. The van der Waals surface area contributed by atoms with Crippen molar-refractivity contribution in [2.24, 2.45) is 5.41 Å². The van der Waals surface area contributed by atoms with Crippen LogP contribution in [0.3, 0.4) is 0 Å². The van der Waals surface area contributed by atoms with Crippen molar-refractivity contribution in [1.82, 2.24) is 5.32 Å². The monoisotopic (exact) mass is 289 g/mol. The van der Waals surface area contributed by atoms with E-state index in [-0.39, 0.29) is 11.3 Å². The van der Waals surface area contributed by atoms with Crippen LogP contribution in [0.1, 0.15) is 44.6 Å². The van der Waals surface area contributed by atoms with Crippen LogP contribution in [-0.2, 0) is 16.0 Å². The Kier molecular flexibility index (Phi) is 4.99. The molecule has 1 aromatic rings. The number of aliphatic carboxylic acids is 1. The number of carbonyl (C=O) groups excluding carboxylic acids is 1. The van der Waals surface area contributed by atoms with Gasteiger partial charge in [0.25, 0.3) is 0 Å². The molecule has 21 heavy (non-hydrogen) atoms. The molecule has 1 atom stereocenters. The molecule has 4 nitrogen and oxygen atoms in total. The predicted octanol–water partition coefficient (Wildman–Crippen LogP) is 2.77. The molecule has 2 N–H and O–H groups in total. The molecule has 4 heteroatoms. The van der Waals surface area contributed by atoms with Crippen LogP contribution >= 0.6 is 0 Å². The molecular weight excluding hydrogens is 266 g/mol. The van der Waals surface area contributed by atoms with Gasteiger partial charge in [-0.2, -0.15) is 0 Å². The van der Waals surface area contributed by atoms with Gasteiger partial charge in [0.15, 0.2) is 0 Å². The fourth-order valence-corrected chi connectivity index (χ4v) is 2.93. The van der Waals surface area contributed by atoms with Crippen molar-refractivity contribution in [2.75, 3.05) is 0 Å². The molecule has 0 bridgehead atoms. The summed E-state index contributed by atoms with van der Waals surface area (Å²) in [5.74, 6) is -1.07. The van der Waals surface area contributed by atoms with Crippen molar-refractivity contribution in [2.45, 2.75) is 51.5 Å². The first-order valence-corrected chi connectivity index (χ1v) is 7.59. The first-order chi connectivity index (χ1) is 10.0. The van der Waals surface area contributed by atoms with E-state index >= 15 is 0 Å². The van der Waals surface area contributed by atoms with Gasteiger partial charge in [0.1, 0.15) is 6.04 Å². The highest BCUT2D eigenvalue weighted by atomic mass is 16.4. The zero-order valence-corrected chi connectivity index (χ0v) is 12.5. The topological polar surface area (TPSA) is 66.4 Å². The maximum absolute atomic E-state index is 12.3. The van der Waals surface area contributed by atoms with E-state index in [0.717, 1.165) is 31.2 Å². The Bertz CT molecular complexity index is 492. The maximum atomic E-state index is 12.3. The summed E-state index contributed by atoms with van der Waals surface area (Å²) in [5, 5.41) is 12.0. The maximum Gasteiger partial charge on any atom is 0.326 e. The standard InChI is InChI=1S/C17H23NO3/c1-17(11-5-6-12-17)16(21)18-14(15(19)20)10-9-13-7-3-2-4-8-13/h2-4,7-8,14H,5-6,9-12H2,1H3,(H,18,21)(H,19,20)/t14-/m0/s1. The molecule has 0 spiro atoms. The van der Waals surface area contributed by atoms with Gasteiger partial charge in [-0.15, -0.1) is 0 Å². The predicted molar refractivity (Wildman–Crippen MR) is 80.9 cm³/mol. The Morgan fingerprint density at radius 2 is 1.86 bits per heavy atom. The first kappa shape index (κ1) is 15.5. The number of nitrogens with one attached hydrogen (secondary N) is 1. The highest BCUT2D eigenvalue weighted by Gasteiger charge is 2.37. The van der Waals surface area contributed by atoms with Crippen LogP contribution in [0.4, 0.5) is 0 Å². The van der Waals surface area contributed by atoms with E-state index in [2.05, 4.69) is 5.32 Å². The van der Waals surface area contributed by atoms with Gasteiger partial charge in [0.2, 0.25) is 5.91 Å². The van der Waals surface area contributed by atoms with Gasteiger partial charge in [0.05, 0.1) is 0 Å². The molecule has 1 aliphatic rings. The summed E-state index contributed by atoms with van der Waals surface area (Å²) in [5.41, 5.74) is 0.700. The Hall–Kier alpha value is -1.84. The van der Waals surface area contributed by atoms with E-state index in [1.165, 1.54) is 0 Å². The first-order valence-electron chi connectivity index (χ1n) is 7.59. The fraction of sp³-hybridized carbons (Fsp3) is 0.529. The Labute approximate surface area is 125 Å². The van der Waals surface area contributed by atoms with Crippen LogP contribution < -0.4 is 5.32 Å². The number of carbonyl (C=O) groups is 2. The van der Waals surface area contributed by atoms with E-state index in [9.17, 15) is 14.7 Å². The molecule has 1 aliphatic carbocycles. The average molecular weight is 289 g/mol. The number of hydrogen-bond donors (Lipinski definition) is 2. The largest absolute Gasteiger partial charge is 0.480 e. The molecule has 1 saturated carbocycles. The molecule has 1 amide bonds. The summed E-state index contributed by atoms with van der Waals surface area (Å²) in [7, 11) is 0. The quantitative estimate of drug-likeness (QED) is 0.846. The van der Waals surface area contributed by atoms with Gasteiger partial charge < -0.3 is 10.4 Å². The Morgan fingerprint density at radius 1 is 1.24 bits per heavy atom. The molecule has 0 aromatic heterocycles. The fourth-order valence-electron chi connectivity index (χ4n) is 2.93. The van der Waals surface area contributed by atoms with Gasteiger partial charge >= 0.3 is 5.97 Å². The van der Waals surface area contributed by atoms with Gasteiger partial charge in [0, 0.05) is 5.41 Å². The van der Waals surface area contributed by atoms with Crippen molar-refractivity contribution in [3.63, 3.8) is 0 Å². The molecule has 114 valence electrons. The Morgan fingerprint density at radius 3 is 2.43 bits per heavy atom. The highest BCUT2D eigenvalue weighted by Crippen LogP contribution is 2.37. The van der Waals surface area contributed by atoms with Gasteiger partial charge in [-0.05, 0) is 31.2 Å². The second-order valence-electron chi connectivity index (χ2n) is 6.16. The summed E-state index contributed by atoms with van der Waals surface area (Å²) >= 11 is 0. The minimum Gasteiger partial charge on any atom is -0.480 e. The minimum atomic E-state index is -0.958. The smallest absolute Gasteiger partial charge is 0.326 e. The summed E-state index contributed by atoms with van der Waals surface area (Å²) in [6, 6.07) is 8.93. The van der Waals surface area contributed by atoms with Crippen LogP contribution in [-0.4, -0.2) is 23.0 Å². The van der Waals surface area contributed by atoms with Crippen molar-refractivity contribution < 1.29 is 14.7 Å². The molecule has 0 aliphatic heterocycles. The molecule has 1 aromatic carbocycles. The molecule has 1 fully saturated rings. The zero-order chi connectivity index (χ0) is 15.3. The highest BCUT2D eigenvalue weighted by molar-refractivity contribution is 5.87. The molecule has 2 rings (SSSR count). The summed E-state index contributed by atoms with van der Waals surface area (Å²) in [6.45, 7) is 1.94. The third-order valence-electron chi connectivity index (χ3n) is 4.42. The van der Waals surface area contributed by atoms with Crippen LogP contribution in [0.15, 0.2) is 30.3 Å². The molecule has 0 radical (unpaired) electrons. The van der Waals surface area contributed by atoms with Crippen molar-refractivity contribution in [3.05, 3.63) is 35.9 Å². The van der Waals surface area contributed by atoms with Crippen LogP contribution in [0.2, 0.25) is 0 Å². The lowest BCUT2D eigenvalue weighted by atomic mass is 9.87. The number of amides is 1. The lowest BCUT2D eigenvalue weighted by Crippen LogP contribution is -2.47. The van der Waals surface area contributed by atoms with Crippen LogP contribution in [0.25, 0.3) is 0 Å². The number of rotatable bonds is 6. The molecule has 0 unspecified atom stereocenters. The third-order valence-corrected chi connectivity index (χ3v) is 4.42. The number of aryl methyl sites for hydroxylation is 1. The Balaban J connectivity index is 1.93. The van der Waals surface area contributed by atoms with Gasteiger partial charge in [-0.3, -0.25) is 4.79 Å². The minimum absolute atomic E-state index is 0.111. The number of carboxylic acid groups (broad SMARTS) is 1. The molecule has 0 saturated heterocycles. The van der Waals surface area contributed by atoms with E-state index < -0.39 is 12.0 Å².